The van der Waals surface area contributed by atoms with Gasteiger partial charge in [-0.2, -0.15) is 0 Å². The first-order valence-corrected chi connectivity index (χ1v) is 10.8. The summed E-state index contributed by atoms with van der Waals surface area (Å²) in [5.41, 5.74) is 4.37. The van der Waals surface area contributed by atoms with Crippen molar-refractivity contribution in [3.8, 4) is 0 Å². The number of benzene rings is 3. The zero-order valence-corrected chi connectivity index (χ0v) is 19.0. The number of anilines is 1. The first-order valence-electron chi connectivity index (χ1n) is 9.26. The van der Waals surface area contributed by atoms with Crippen molar-refractivity contribution in [2.45, 2.75) is 12.2 Å². The van der Waals surface area contributed by atoms with Crippen molar-refractivity contribution in [2.75, 3.05) is 19.0 Å². The smallest absolute Gasteiger partial charge is 0.319 e. The van der Waals surface area contributed by atoms with Crippen molar-refractivity contribution < 1.29 is 9.53 Å². The van der Waals surface area contributed by atoms with Crippen LogP contribution in [0.25, 0.3) is 0 Å². The lowest BCUT2D eigenvalue weighted by Gasteiger charge is -2.44. The Bertz CT molecular complexity index is 1010. The second kappa shape index (κ2) is 8.69. The highest BCUT2D eigenvalue weighted by atomic mass is 79.9. The summed E-state index contributed by atoms with van der Waals surface area (Å²) in [6.45, 7) is 0.162. The van der Waals surface area contributed by atoms with Gasteiger partial charge >= 0.3 is 5.97 Å². The number of hydrogen-bond acceptors (Lipinski definition) is 4. The Morgan fingerprint density at radius 3 is 2.34 bits per heavy atom. The van der Waals surface area contributed by atoms with E-state index in [1.54, 1.807) is 0 Å². The van der Waals surface area contributed by atoms with Crippen molar-refractivity contribution in [3.05, 3.63) is 98.4 Å². The van der Waals surface area contributed by atoms with E-state index < -0.39 is 0 Å². The quantitative estimate of drug-likeness (QED) is 0.439. The van der Waals surface area contributed by atoms with Gasteiger partial charge in [-0.3, -0.25) is 9.69 Å². The van der Waals surface area contributed by atoms with Gasteiger partial charge in [0.15, 0.2) is 0 Å². The summed E-state index contributed by atoms with van der Waals surface area (Å²) < 4.78 is 7.04. The highest BCUT2D eigenvalue weighted by Gasteiger charge is 2.37. The SMILES string of the molecule is COC(=O)CN1[C@@H](c2ccccc2)c2cc(Br)ccc2N[C@H]1c1ccc(Br)cc1. The van der Waals surface area contributed by atoms with Crippen LogP contribution in [-0.2, 0) is 9.53 Å². The van der Waals surface area contributed by atoms with E-state index in [2.05, 4.69) is 78.5 Å². The lowest BCUT2D eigenvalue weighted by atomic mass is 9.91. The highest BCUT2D eigenvalue weighted by molar-refractivity contribution is 9.10. The summed E-state index contributed by atoms with van der Waals surface area (Å²) in [7, 11) is 1.43. The van der Waals surface area contributed by atoms with Crippen LogP contribution in [0.1, 0.15) is 28.9 Å². The third-order valence-electron chi connectivity index (χ3n) is 5.10. The average molecular weight is 516 g/mol. The molecule has 0 saturated heterocycles. The van der Waals surface area contributed by atoms with Crippen molar-refractivity contribution in [2.24, 2.45) is 0 Å². The van der Waals surface area contributed by atoms with Gasteiger partial charge in [0.05, 0.1) is 19.7 Å². The van der Waals surface area contributed by atoms with Crippen LogP contribution < -0.4 is 5.32 Å². The van der Waals surface area contributed by atoms with E-state index in [-0.39, 0.29) is 24.7 Å². The molecule has 0 amide bonds. The number of nitrogens with one attached hydrogen (secondary N) is 1. The maximum atomic E-state index is 12.4. The minimum absolute atomic E-state index is 0.0994. The van der Waals surface area contributed by atoms with E-state index in [0.29, 0.717) is 0 Å². The standard InChI is InChI=1S/C23H20Br2N2O2/c1-29-21(28)14-27-22(15-5-3-2-4-6-15)19-13-18(25)11-12-20(19)26-23(27)16-7-9-17(24)10-8-16/h2-13,22-23,26H,14H2,1H3/t22-,23+/m0/s1. The molecule has 0 fully saturated rings. The molecule has 4 nitrogen and oxygen atoms in total. The molecule has 29 heavy (non-hydrogen) atoms. The van der Waals surface area contributed by atoms with E-state index in [1.165, 1.54) is 7.11 Å². The van der Waals surface area contributed by atoms with Crippen molar-refractivity contribution >= 4 is 43.5 Å². The topological polar surface area (TPSA) is 41.6 Å². The van der Waals surface area contributed by atoms with Gasteiger partial charge in [0, 0.05) is 14.6 Å². The lowest BCUT2D eigenvalue weighted by Crippen LogP contribution is -2.44. The molecule has 6 heteroatoms. The average Bonchev–Trinajstić information content (AvgIpc) is 2.74. The summed E-state index contributed by atoms with van der Waals surface area (Å²) >= 11 is 7.10. The summed E-state index contributed by atoms with van der Waals surface area (Å²) in [4.78, 5) is 14.5. The van der Waals surface area contributed by atoms with E-state index in [1.807, 2.05) is 36.4 Å². The molecule has 0 aromatic heterocycles. The number of halogens is 2. The minimum atomic E-state index is -0.270. The summed E-state index contributed by atoms with van der Waals surface area (Å²) in [6.07, 6.45) is -0.180. The van der Waals surface area contributed by atoms with Gasteiger partial charge in [-0.25, -0.2) is 0 Å². The van der Waals surface area contributed by atoms with Crippen LogP contribution in [0.3, 0.4) is 0 Å². The Morgan fingerprint density at radius 1 is 0.966 bits per heavy atom. The fourth-order valence-electron chi connectivity index (χ4n) is 3.77. The number of nitrogens with zero attached hydrogens (tertiary/aromatic N) is 1. The molecular formula is C23H20Br2N2O2. The van der Waals surface area contributed by atoms with Crippen molar-refractivity contribution in [1.29, 1.82) is 0 Å². The molecule has 0 saturated carbocycles. The first kappa shape index (κ1) is 20.1. The van der Waals surface area contributed by atoms with Gasteiger partial charge in [0.2, 0.25) is 0 Å². The molecule has 1 N–H and O–H groups in total. The molecule has 3 aromatic rings. The van der Waals surface area contributed by atoms with Gasteiger partial charge in [0.1, 0.15) is 6.17 Å². The van der Waals surface area contributed by atoms with Crippen LogP contribution in [0.15, 0.2) is 81.7 Å². The van der Waals surface area contributed by atoms with E-state index in [4.69, 9.17) is 4.74 Å². The highest BCUT2D eigenvalue weighted by Crippen LogP contribution is 2.44. The van der Waals surface area contributed by atoms with E-state index >= 15 is 0 Å². The number of fused-ring (bicyclic) bond motifs is 1. The maximum absolute atomic E-state index is 12.4. The fourth-order valence-corrected chi connectivity index (χ4v) is 4.41. The Kier molecular flexibility index (Phi) is 6.04. The molecule has 148 valence electrons. The molecule has 1 aliphatic heterocycles. The zero-order valence-electron chi connectivity index (χ0n) is 15.8. The molecular weight excluding hydrogens is 496 g/mol. The number of rotatable bonds is 4. The molecule has 1 heterocycles. The first-order chi connectivity index (χ1) is 14.1. The molecule has 0 unspecified atom stereocenters. The predicted molar refractivity (Wildman–Crippen MR) is 122 cm³/mol. The Morgan fingerprint density at radius 2 is 1.66 bits per heavy atom. The molecule has 4 rings (SSSR count). The number of carbonyl (C=O) groups is 1. The predicted octanol–water partition coefficient (Wildman–Crippen LogP) is 5.90. The largest absolute Gasteiger partial charge is 0.468 e. The molecule has 0 radical (unpaired) electrons. The zero-order chi connectivity index (χ0) is 20.4. The minimum Gasteiger partial charge on any atom is -0.468 e. The second-order valence-corrected chi connectivity index (χ2v) is 8.72. The van der Waals surface area contributed by atoms with Crippen LogP contribution in [-0.4, -0.2) is 24.5 Å². The van der Waals surface area contributed by atoms with Crippen molar-refractivity contribution in [1.82, 2.24) is 4.90 Å². The molecule has 1 aliphatic rings. The summed E-state index contributed by atoms with van der Waals surface area (Å²) in [6, 6.07) is 24.6. The molecule has 0 aliphatic carbocycles. The number of hydrogen-bond donors (Lipinski definition) is 1. The number of methoxy groups -OCH3 is 1. The Balaban J connectivity index is 1.88. The third-order valence-corrected chi connectivity index (χ3v) is 6.13. The maximum Gasteiger partial charge on any atom is 0.319 e. The molecule has 3 aromatic carbocycles. The number of esters is 1. The lowest BCUT2D eigenvalue weighted by molar-refractivity contribution is -0.143. The Hall–Kier alpha value is -2.15. The van der Waals surface area contributed by atoms with Crippen LogP contribution in [0.5, 0.6) is 0 Å². The summed E-state index contributed by atoms with van der Waals surface area (Å²) in [5.74, 6) is -0.270. The van der Waals surface area contributed by atoms with Gasteiger partial charge in [-0.15, -0.1) is 0 Å². The third kappa shape index (κ3) is 4.25. The molecule has 0 spiro atoms. The van der Waals surface area contributed by atoms with Crippen molar-refractivity contribution in [3.63, 3.8) is 0 Å². The van der Waals surface area contributed by atoms with E-state index in [0.717, 1.165) is 31.3 Å². The van der Waals surface area contributed by atoms with Gasteiger partial charge in [-0.05, 0) is 47.0 Å². The molecule has 0 bridgehead atoms. The van der Waals surface area contributed by atoms with Crippen LogP contribution >= 0.6 is 31.9 Å². The van der Waals surface area contributed by atoms with Crippen LogP contribution in [0.2, 0.25) is 0 Å². The van der Waals surface area contributed by atoms with E-state index in [9.17, 15) is 4.79 Å². The number of carbonyl (C=O) groups excluding carboxylic acids is 1. The fraction of sp³-hybridized carbons (Fsp3) is 0.174. The summed E-state index contributed by atoms with van der Waals surface area (Å²) in [5, 5.41) is 3.62. The second-order valence-electron chi connectivity index (χ2n) is 6.89. The molecule has 2 atom stereocenters. The monoisotopic (exact) mass is 514 g/mol. The van der Waals surface area contributed by atoms with Crippen LogP contribution in [0, 0.1) is 0 Å². The van der Waals surface area contributed by atoms with Gasteiger partial charge in [0.25, 0.3) is 0 Å². The normalized spacial score (nSPS) is 18.6. The Labute approximate surface area is 187 Å². The number of ether oxygens (including phenoxy) is 1. The van der Waals surface area contributed by atoms with Crippen LogP contribution in [0.4, 0.5) is 5.69 Å². The van der Waals surface area contributed by atoms with Gasteiger partial charge < -0.3 is 10.1 Å². The van der Waals surface area contributed by atoms with Gasteiger partial charge in [-0.1, -0.05) is 74.3 Å².